The number of allylic oxidation sites excluding steroid dienone is 1. The molecule has 22 heavy (non-hydrogen) atoms. The molecule has 0 fully saturated rings. The Hall–Kier alpha value is -1.97. The third kappa shape index (κ3) is 2.27. The standard InChI is InChI=1S/C19H18N2S/c1-19(20)12-11-18-16(13-19)21(14-7-3-2-4-8-14)15-9-5-6-10-17(15)22-18/h2-12H,13,20H2,1H3. The van der Waals surface area contributed by atoms with Crippen molar-refractivity contribution in [1.82, 2.24) is 0 Å². The van der Waals surface area contributed by atoms with Gasteiger partial charge in [0.2, 0.25) is 0 Å². The van der Waals surface area contributed by atoms with Gasteiger partial charge in [0.15, 0.2) is 0 Å². The van der Waals surface area contributed by atoms with Gasteiger partial charge in [0.05, 0.1) is 5.69 Å². The number of hydrogen-bond acceptors (Lipinski definition) is 3. The van der Waals surface area contributed by atoms with E-state index < -0.39 is 0 Å². The number of anilines is 2. The molecular weight excluding hydrogens is 288 g/mol. The molecule has 0 spiro atoms. The topological polar surface area (TPSA) is 29.3 Å². The smallest absolute Gasteiger partial charge is 0.0598 e. The third-order valence-electron chi connectivity index (χ3n) is 4.06. The highest BCUT2D eigenvalue weighted by Gasteiger charge is 2.32. The van der Waals surface area contributed by atoms with Crippen LogP contribution in [0.4, 0.5) is 11.4 Å². The molecule has 1 atom stereocenters. The van der Waals surface area contributed by atoms with Gasteiger partial charge in [0.1, 0.15) is 0 Å². The first kappa shape index (κ1) is 13.7. The molecule has 0 amide bonds. The van der Waals surface area contributed by atoms with Crippen molar-refractivity contribution in [3.05, 3.63) is 77.4 Å². The lowest BCUT2D eigenvalue weighted by Crippen LogP contribution is -2.39. The molecule has 2 nitrogen and oxygen atoms in total. The van der Waals surface area contributed by atoms with Crippen molar-refractivity contribution in [2.45, 2.75) is 23.8 Å². The molecule has 1 unspecified atom stereocenters. The Morgan fingerprint density at radius 2 is 1.77 bits per heavy atom. The molecule has 0 saturated carbocycles. The second-order valence-electron chi connectivity index (χ2n) is 6.07. The van der Waals surface area contributed by atoms with Crippen LogP contribution < -0.4 is 10.6 Å². The van der Waals surface area contributed by atoms with E-state index in [-0.39, 0.29) is 5.54 Å². The molecule has 0 saturated heterocycles. The number of nitrogens with two attached hydrogens (primary N) is 1. The number of benzene rings is 2. The van der Waals surface area contributed by atoms with Gasteiger partial charge in [-0.3, -0.25) is 0 Å². The van der Waals surface area contributed by atoms with E-state index in [0.717, 1.165) is 6.42 Å². The molecular formula is C19H18N2S. The number of hydrogen-bond donors (Lipinski definition) is 1. The number of nitrogens with zero attached hydrogens (tertiary/aromatic N) is 1. The zero-order chi connectivity index (χ0) is 15.2. The maximum absolute atomic E-state index is 6.39. The minimum absolute atomic E-state index is 0.293. The van der Waals surface area contributed by atoms with Crippen LogP contribution >= 0.6 is 11.8 Å². The van der Waals surface area contributed by atoms with Gasteiger partial charge < -0.3 is 10.6 Å². The van der Waals surface area contributed by atoms with E-state index in [0.29, 0.717) is 0 Å². The van der Waals surface area contributed by atoms with Crippen LogP contribution in [-0.2, 0) is 0 Å². The number of rotatable bonds is 1. The average Bonchev–Trinajstić information content (AvgIpc) is 2.53. The van der Waals surface area contributed by atoms with Crippen LogP contribution in [0.5, 0.6) is 0 Å². The average molecular weight is 306 g/mol. The van der Waals surface area contributed by atoms with Crippen molar-refractivity contribution < 1.29 is 0 Å². The summed E-state index contributed by atoms with van der Waals surface area (Å²) in [6.45, 7) is 2.08. The number of fused-ring (bicyclic) bond motifs is 1. The largest absolute Gasteiger partial charge is 0.322 e. The van der Waals surface area contributed by atoms with Crippen LogP contribution in [0.25, 0.3) is 0 Å². The summed E-state index contributed by atoms with van der Waals surface area (Å²) in [7, 11) is 0. The molecule has 2 N–H and O–H groups in total. The number of thioether (sulfide) groups is 1. The fourth-order valence-corrected chi connectivity index (χ4v) is 4.08. The number of para-hydroxylation sites is 2. The zero-order valence-corrected chi connectivity index (χ0v) is 13.3. The van der Waals surface area contributed by atoms with Gasteiger partial charge >= 0.3 is 0 Å². The molecule has 2 aromatic rings. The molecule has 2 aliphatic rings. The highest BCUT2D eigenvalue weighted by atomic mass is 32.2. The lowest BCUT2D eigenvalue weighted by Gasteiger charge is -2.39. The predicted octanol–water partition coefficient (Wildman–Crippen LogP) is 4.82. The molecule has 0 aromatic heterocycles. The first-order valence-corrected chi connectivity index (χ1v) is 8.29. The fraction of sp³-hybridized carbons (Fsp3) is 0.158. The van der Waals surface area contributed by atoms with Gasteiger partial charge in [-0.2, -0.15) is 0 Å². The minimum Gasteiger partial charge on any atom is -0.322 e. The SMILES string of the molecule is CC1(N)C=CC2=C(C1)N(c1ccccc1)c1ccccc1S2. The molecule has 1 aliphatic heterocycles. The monoisotopic (exact) mass is 306 g/mol. The molecule has 110 valence electrons. The van der Waals surface area contributed by atoms with E-state index >= 15 is 0 Å². The van der Waals surface area contributed by atoms with Crippen LogP contribution in [0.15, 0.2) is 82.2 Å². The van der Waals surface area contributed by atoms with Crippen LogP contribution in [-0.4, -0.2) is 5.54 Å². The lowest BCUT2D eigenvalue weighted by molar-refractivity contribution is 0.565. The van der Waals surface area contributed by atoms with Gasteiger partial charge in [-0.05, 0) is 37.3 Å². The second-order valence-corrected chi connectivity index (χ2v) is 7.15. The Kier molecular flexibility index (Phi) is 3.13. The molecule has 1 heterocycles. The third-order valence-corrected chi connectivity index (χ3v) is 5.22. The van der Waals surface area contributed by atoms with Gasteiger partial charge in [0, 0.05) is 33.1 Å². The van der Waals surface area contributed by atoms with Crippen molar-refractivity contribution in [3.8, 4) is 0 Å². The Morgan fingerprint density at radius 3 is 2.59 bits per heavy atom. The maximum Gasteiger partial charge on any atom is 0.0598 e. The van der Waals surface area contributed by atoms with Crippen LogP contribution in [0, 0.1) is 0 Å². The minimum atomic E-state index is -0.293. The summed E-state index contributed by atoms with van der Waals surface area (Å²) in [6, 6.07) is 19.1. The lowest BCUT2D eigenvalue weighted by atomic mass is 9.91. The van der Waals surface area contributed by atoms with E-state index in [2.05, 4.69) is 78.6 Å². The van der Waals surface area contributed by atoms with E-state index in [4.69, 9.17) is 5.73 Å². The molecule has 0 bridgehead atoms. The van der Waals surface area contributed by atoms with Crippen LogP contribution in [0.2, 0.25) is 0 Å². The van der Waals surface area contributed by atoms with Gasteiger partial charge in [-0.1, -0.05) is 48.2 Å². The Labute approximate surface area is 135 Å². The van der Waals surface area contributed by atoms with E-state index in [1.807, 2.05) is 11.8 Å². The van der Waals surface area contributed by atoms with Crippen molar-refractivity contribution >= 4 is 23.1 Å². The first-order chi connectivity index (χ1) is 10.6. The Balaban J connectivity index is 1.91. The highest BCUT2D eigenvalue weighted by Crippen LogP contribution is 2.50. The maximum atomic E-state index is 6.39. The van der Waals surface area contributed by atoms with E-state index in [1.54, 1.807) is 0 Å². The normalized spacial score (nSPS) is 23.3. The van der Waals surface area contributed by atoms with Gasteiger partial charge in [-0.15, -0.1) is 0 Å². The van der Waals surface area contributed by atoms with E-state index in [1.165, 1.54) is 26.9 Å². The fourth-order valence-electron chi connectivity index (χ4n) is 3.02. The second kappa shape index (κ2) is 5.04. The quantitative estimate of drug-likeness (QED) is 0.819. The molecule has 1 aliphatic carbocycles. The van der Waals surface area contributed by atoms with Crippen LogP contribution in [0.1, 0.15) is 13.3 Å². The predicted molar refractivity (Wildman–Crippen MR) is 94.3 cm³/mol. The summed E-state index contributed by atoms with van der Waals surface area (Å²) in [5.41, 5.74) is 9.82. The van der Waals surface area contributed by atoms with Crippen molar-refractivity contribution in [3.63, 3.8) is 0 Å². The van der Waals surface area contributed by atoms with Gasteiger partial charge in [-0.25, -0.2) is 0 Å². The summed E-state index contributed by atoms with van der Waals surface area (Å²) in [5, 5.41) is 0. The van der Waals surface area contributed by atoms with E-state index in [9.17, 15) is 0 Å². The molecule has 3 heteroatoms. The Morgan fingerprint density at radius 1 is 1.05 bits per heavy atom. The zero-order valence-electron chi connectivity index (χ0n) is 12.5. The summed E-state index contributed by atoms with van der Waals surface area (Å²) < 4.78 is 0. The molecule has 2 aromatic carbocycles. The molecule has 0 radical (unpaired) electrons. The Bertz CT molecular complexity index is 775. The van der Waals surface area contributed by atoms with Gasteiger partial charge in [0.25, 0.3) is 0 Å². The summed E-state index contributed by atoms with van der Waals surface area (Å²) in [6.07, 6.45) is 5.14. The molecule has 4 rings (SSSR count). The summed E-state index contributed by atoms with van der Waals surface area (Å²) >= 11 is 1.84. The summed E-state index contributed by atoms with van der Waals surface area (Å²) in [4.78, 5) is 4.94. The van der Waals surface area contributed by atoms with Crippen molar-refractivity contribution in [1.29, 1.82) is 0 Å². The van der Waals surface area contributed by atoms with Crippen molar-refractivity contribution in [2.75, 3.05) is 4.90 Å². The summed E-state index contributed by atoms with van der Waals surface area (Å²) in [5.74, 6) is 0. The van der Waals surface area contributed by atoms with Crippen molar-refractivity contribution in [2.24, 2.45) is 5.73 Å². The first-order valence-electron chi connectivity index (χ1n) is 7.47. The highest BCUT2D eigenvalue weighted by molar-refractivity contribution is 8.03. The van der Waals surface area contributed by atoms with Crippen LogP contribution in [0.3, 0.4) is 0 Å².